The number of aromatic nitrogens is 2. The molecule has 0 saturated carbocycles. The van der Waals surface area contributed by atoms with E-state index in [2.05, 4.69) is 10.00 Å². The molecule has 1 unspecified atom stereocenters. The number of carbonyl (C=O) groups is 1. The smallest absolute Gasteiger partial charge is 0.341 e. The van der Waals surface area contributed by atoms with Crippen LogP contribution in [0, 0.1) is 11.6 Å². The largest absolute Gasteiger partial charge is 0.462 e. The zero-order valence-electron chi connectivity index (χ0n) is 14.9. The number of benzene rings is 1. The van der Waals surface area contributed by atoms with E-state index in [0.717, 1.165) is 31.1 Å². The third-order valence-corrected chi connectivity index (χ3v) is 4.85. The Hall–Kier alpha value is -2.96. The van der Waals surface area contributed by atoms with E-state index in [-0.39, 0.29) is 12.6 Å². The monoisotopic (exact) mass is 371 g/mol. The minimum atomic E-state index is -0.576. The van der Waals surface area contributed by atoms with E-state index in [1.54, 1.807) is 17.6 Å². The van der Waals surface area contributed by atoms with Crippen LogP contribution in [0.5, 0.6) is 0 Å². The Bertz CT molecular complexity index is 982. The second-order valence-corrected chi connectivity index (χ2v) is 6.55. The van der Waals surface area contributed by atoms with Crippen LogP contribution in [-0.4, -0.2) is 28.7 Å². The summed E-state index contributed by atoms with van der Waals surface area (Å²) in [6.45, 7) is 2.80. The van der Waals surface area contributed by atoms with Gasteiger partial charge in [0.05, 0.1) is 24.4 Å². The molecule has 0 amide bonds. The molecule has 0 aliphatic carbocycles. The van der Waals surface area contributed by atoms with Crippen LogP contribution in [0.3, 0.4) is 0 Å². The Morgan fingerprint density at radius 1 is 1.26 bits per heavy atom. The van der Waals surface area contributed by atoms with Gasteiger partial charge in [-0.1, -0.05) is 0 Å². The highest BCUT2D eigenvalue weighted by Crippen LogP contribution is 2.37. The fourth-order valence-corrected chi connectivity index (χ4v) is 3.70. The van der Waals surface area contributed by atoms with Crippen molar-refractivity contribution in [3.8, 4) is 0 Å². The lowest BCUT2D eigenvalue weighted by Crippen LogP contribution is -2.23. The highest BCUT2D eigenvalue weighted by Gasteiger charge is 2.28. The Kier molecular flexibility index (Phi) is 4.51. The van der Waals surface area contributed by atoms with Gasteiger partial charge in [-0.3, -0.25) is 0 Å². The van der Waals surface area contributed by atoms with Gasteiger partial charge in [-0.2, -0.15) is 5.10 Å². The van der Waals surface area contributed by atoms with E-state index in [0.29, 0.717) is 16.6 Å². The molecular weight excluding hydrogens is 352 g/mol. The van der Waals surface area contributed by atoms with Crippen molar-refractivity contribution in [2.24, 2.45) is 0 Å². The summed E-state index contributed by atoms with van der Waals surface area (Å²) in [5.74, 6) is -1.57. The molecule has 7 heteroatoms. The Labute approximate surface area is 155 Å². The molecule has 1 aromatic carbocycles. The van der Waals surface area contributed by atoms with Gasteiger partial charge in [-0.25, -0.2) is 18.1 Å². The summed E-state index contributed by atoms with van der Waals surface area (Å²) in [6.07, 6.45) is 4.98. The molecule has 0 radical (unpaired) electrons. The van der Waals surface area contributed by atoms with Gasteiger partial charge in [0, 0.05) is 24.5 Å². The van der Waals surface area contributed by atoms with E-state index in [9.17, 15) is 13.6 Å². The molecule has 5 nitrogen and oxygen atoms in total. The summed E-state index contributed by atoms with van der Waals surface area (Å²) in [5, 5.41) is 4.19. The van der Waals surface area contributed by atoms with Crippen LogP contribution in [0.15, 0.2) is 42.7 Å². The zero-order chi connectivity index (χ0) is 19.0. The molecule has 1 aliphatic rings. The van der Waals surface area contributed by atoms with Crippen LogP contribution in [0.2, 0.25) is 0 Å². The van der Waals surface area contributed by atoms with Crippen molar-refractivity contribution in [3.05, 3.63) is 65.5 Å². The van der Waals surface area contributed by atoms with E-state index >= 15 is 0 Å². The van der Waals surface area contributed by atoms with Gasteiger partial charge in [-0.05, 0) is 49.6 Å². The van der Waals surface area contributed by atoms with Crippen LogP contribution in [0.4, 0.5) is 14.5 Å². The number of anilines is 1. The Balaban J connectivity index is 1.72. The van der Waals surface area contributed by atoms with Crippen molar-refractivity contribution in [2.45, 2.75) is 25.8 Å². The van der Waals surface area contributed by atoms with Crippen LogP contribution in [0.1, 0.15) is 41.7 Å². The average Bonchev–Trinajstić information content (AvgIpc) is 3.27. The third-order valence-electron chi connectivity index (χ3n) is 4.85. The minimum absolute atomic E-state index is 0.119. The number of esters is 1. The molecule has 27 heavy (non-hydrogen) atoms. The number of pyridine rings is 1. The minimum Gasteiger partial charge on any atom is -0.462 e. The maximum absolute atomic E-state index is 13.7. The lowest BCUT2D eigenvalue weighted by atomic mass is 10.0. The predicted octanol–water partition coefficient (Wildman–Crippen LogP) is 4.13. The van der Waals surface area contributed by atoms with Gasteiger partial charge in [0.2, 0.25) is 0 Å². The fraction of sp³-hybridized carbons (Fsp3) is 0.300. The van der Waals surface area contributed by atoms with E-state index < -0.39 is 17.6 Å². The van der Waals surface area contributed by atoms with Gasteiger partial charge in [0.15, 0.2) is 0 Å². The number of nitrogens with zero attached hydrogens (tertiary/aromatic N) is 3. The summed E-state index contributed by atoms with van der Waals surface area (Å²) < 4.78 is 34.0. The molecule has 4 rings (SSSR count). The molecule has 3 aromatic rings. The average molecular weight is 371 g/mol. The molecule has 1 atom stereocenters. The first kappa shape index (κ1) is 17.5. The number of rotatable bonds is 4. The molecule has 2 aromatic heterocycles. The van der Waals surface area contributed by atoms with Gasteiger partial charge < -0.3 is 9.64 Å². The van der Waals surface area contributed by atoms with Crippen molar-refractivity contribution < 1.29 is 18.3 Å². The number of carbonyl (C=O) groups excluding carboxylic acids is 1. The Morgan fingerprint density at radius 2 is 2.04 bits per heavy atom. The quantitative estimate of drug-likeness (QED) is 0.647. The fourth-order valence-electron chi connectivity index (χ4n) is 3.70. The lowest BCUT2D eigenvalue weighted by molar-refractivity contribution is 0.0528. The SMILES string of the molecule is CCOC(=O)c1cnn2ccc(N3CCCC3c3cc(F)cc(F)c3)cc12. The summed E-state index contributed by atoms with van der Waals surface area (Å²) in [5.41, 5.74) is 2.53. The van der Waals surface area contributed by atoms with E-state index in [1.165, 1.54) is 18.3 Å². The summed E-state index contributed by atoms with van der Waals surface area (Å²) in [7, 11) is 0. The van der Waals surface area contributed by atoms with Gasteiger partial charge >= 0.3 is 5.97 Å². The molecule has 1 fully saturated rings. The zero-order valence-corrected chi connectivity index (χ0v) is 14.9. The standard InChI is InChI=1S/C20H19F2N3O2/c1-2-27-20(26)17-12-23-25-7-5-16(11-19(17)25)24-6-3-4-18(24)13-8-14(21)10-15(22)9-13/h5,7-12,18H,2-4,6H2,1H3. The molecular formula is C20H19F2N3O2. The lowest BCUT2D eigenvalue weighted by Gasteiger charge is -2.27. The number of ether oxygens (including phenoxy) is 1. The first-order valence-corrected chi connectivity index (χ1v) is 8.94. The van der Waals surface area contributed by atoms with Gasteiger partial charge in [0.1, 0.15) is 17.2 Å². The molecule has 0 N–H and O–H groups in total. The second kappa shape index (κ2) is 6.98. The summed E-state index contributed by atoms with van der Waals surface area (Å²) >= 11 is 0. The van der Waals surface area contributed by atoms with Crippen molar-refractivity contribution in [3.63, 3.8) is 0 Å². The number of fused-ring (bicyclic) bond motifs is 1. The first-order valence-electron chi connectivity index (χ1n) is 8.94. The molecule has 3 heterocycles. The van der Waals surface area contributed by atoms with Gasteiger partial charge in [-0.15, -0.1) is 0 Å². The number of hydrogen-bond acceptors (Lipinski definition) is 4. The predicted molar refractivity (Wildman–Crippen MR) is 96.8 cm³/mol. The summed E-state index contributed by atoms with van der Waals surface area (Å²) in [6, 6.07) is 7.29. The van der Waals surface area contributed by atoms with Crippen molar-refractivity contribution >= 4 is 17.2 Å². The molecule has 140 valence electrons. The topological polar surface area (TPSA) is 46.8 Å². The molecule has 1 saturated heterocycles. The van der Waals surface area contributed by atoms with Crippen molar-refractivity contribution in [2.75, 3.05) is 18.1 Å². The van der Waals surface area contributed by atoms with Crippen molar-refractivity contribution in [1.29, 1.82) is 0 Å². The normalized spacial score (nSPS) is 16.9. The molecule has 0 bridgehead atoms. The van der Waals surface area contributed by atoms with Crippen LogP contribution >= 0.6 is 0 Å². The van der Waals surface area contributed by atoms with Crippen LogP contribution in [-0.2, 0) is 4.74 Å². The van der Waals surface area contributed by atoms with Gasteiger partial charge in [0.25, 0.3) is 0 Å². The number of hydrogen-bond donors (Lipinski definition) is 0. The maximum atomic E-state index is 13.7. The maximum Gasteiger partial charge on any atom is 0.341 e. The highest BCUT2D eigenvalue weighted by atomic mass is 19.1. The molecule has 0 spiro atoms. The first-order chi connectivity index (χ1) is 13.1. The number of halogens is 2. The third kappa shape index (κ3) is 3.25. The highest BCUT2D eigenvalue weighted by molar-refractivity contribution is 5.97. The molecule has 1 aliphatic heterocycles. The van der Waals surface area contributed by atoms with E-state index in [1.807, 2.05) is 12.1 Å². The van der Waals surface area contributed by atoms with E-state index in [4.69, 9.17) is 4.74 Å². The van der Waals surface area contributed by atoms with Crippen molar-refractivity contribution in [1.82, 2.24) is 9.61 Å². The Morgan fingerprint density at radius 3 is 2.78 bits per heavy atom. The second-order valence-electron chi connectivity index (χ2n) is 6.55. The van der Waals surface area contributed by atoms with Crippen LogP contribution < -0.4 is 4.90 Å². The summed E-state index contributed by atoms with van der Waals surface area (Å²) in [4.78, 5) is 14.2. The van der Waals surface area contributed by atoms with Crippen LogP contribution in [0.25, 0.3) is 5.52 Å².